The van der Waals surface area contributed by atoms with Crippen molar-refractivity contribution in [2.75, 3.05) is 6.61 Å². The first-order chi connectivity index (χ1) is 7.93. The number of carboxylic acids is 1. The van der Waals surface area contributed by atoms with Crippen LogP contribution >= 0.6 is 11.6 Å². The van der Waals surface area contributed by atoms with Crippen LogP contribution in [0.3, 0.4) is 0 Å². The van der Waals surface area contributed by atoms with Crippen LogP contribution < -0.4 is 0 Å². The molecule has 0 bridgehead atoms. The van der Waals surface area contributed by atoms with Gasteiger partial charge in [0.05, 0.1) is 17.6 Å². The molecule has 0 aromatic rings. The number of halogens is 1. The smallest absolute Gasteiger partial charge is 0.335 e. The van der Waals surface area contributed by atoms with E-state index in [-0.39, 0.29) is 17.8 Å². The first-order valence-corrected chi connectivity index (χ1v) is 5.80. The Morgan fingerprint density at radius 2 is 2.00 bits per heavy atom. The second-order valence-corrected chi connectivity index (χ2v) is 3.81. The molecule has 0 saturated heterocycles. The Kier molecular flexibility index (Phi) is 7.30. The molecular weight excluding hydrogens is 244 g/mol. The van der Waals surface area contributed by atoms with E-state index < -0.39 is 17.3 Å². The number of aliphatic carboxylic acids is 1. The first kappa shape index (κ1) is 15.7. The maximum absolute atomic E-state index is 11.6. The minimum absolute atomic E-state index is 0.0938. The summed E-state index contributed by atoms with van der Waals surface area (Å²) in [5.74, 6) is -1.57. The molecule has 0 amide bonds. The Hall–Kier alpha value is -1.29. The number of hydrogen-bond donors (Lipinski definition) is 1. The molecule has 0 heterocycles. The molecule has 0 aliphatic heterocycles. The summed E-state index contributed by atoms with van der Waals surface area (Å²) in [4.78, 5) is 22.2. The molecule has 0 aromatic heterocycles. The van der Waals surface area contributed by atoms with E-state index in [1.807, 2.05) is 6.92 Å². The molecule has 0 aromatic carbocycles. The summed E-state index contributed by atoms with van der Waals surface area (Å²) < 4.78 is 4.85. The normalized spacial score (nSPS) is 14.4. The zero-order chi connectivity index (χ0) is 13.4. The van der Waals surface area contributed by atoms with Crippen molar-refractivity contribution >= 4 is 23.5 Å². The van der Waals surface area contributed by atoms with Crippen LogP contribution in [0.15, 0.2) is 23.3 Å². The molecule has 4 nitrogen and oxygen atoms in total. The quantitative estimate of drug-likeness (QED) is 0.453. The standard InChI is InChI=1S/C12H17ClO4/c1-4-6-9(12(16)17-5-2)10(13)7-8(3)11(14)15/h6-7,10H,4-5H2,1-3H3,(H,14,15). The van der Waals surface area contributed by atoms with Gasteiger partial charge in [-0.2, -0.15) is 0 Å². The topological polar surface area (TPSA) is 63.6 Å². The molecule has 1 atom stereocenters. The summed E-state index contributed by atoms with van der Waals surface area (Å²) in [6, 6.07) is 0. The van der Waals surface area contributed by atoms with Crippen LogP contribution in [0.4, 0.5) is 0 Å². The fourth-order valence-corrected chi connectivity index (χ4v) is 1.49. The Labute approximate surface area is 106 Å². The van der Waals surface area contributed by atoms with Crippen LogP contribution in [0.25, 0.3) is 0 Å². The minimum Gasteiger partial charge on any atom is -0.478 e. The lowest BCUT2D eigenvalue weighted by molar-refractivity contribution is -0.138. The van der Waals surface area contributed by atoms with Crippen molar-refractivity contribution in [2.24, 2.45) is 0 Å². The van der Waals surface area contributed by atoms with Crippen LogP contribution in [-0.2, 0) is 14.3 Å². The second kappa shape index (κ2) is 7.90. The Bertz CT molecular complexity index is 344. The number of carbonyl (C=O) groups is 2. The van der Waals surface area contributed by atoms with Crippen molar-refractivity contribution in [3.05, 3.63) is 23.3 Å². The number of rotatable bonds is 6. The number of ether oxygens (including phenoxy) is 1. The molecule has 0 radical (unpaired) electrons. The fourth-order valence-electron chi connectivity index (χ4n) is 1.12. The van der Waals surface area contributed by atoms with E-state index >= 15 is 0 Å². The van der Waals surface area contributed by atoms with Gasteiger partial charge in [0.1, 0.15) is 0 Å². The van der Waals surface area contributed by atoms with E-state index in [1.54, 1.807) is 13.0 Å². The molecule has 0 rings (SSSR count). The predicted octanol–water partition coefficient (Wildman–Crippen LogP) is 2.52. The summed E-state index contributed by atoms with van der Waals surface area (Å²) in [6.45, 7) is 5.23. The molecule has 1 unspecified atom stereocenters. The van der Waals surface area contributed by atoms with E-state index in [9.17, 15) is 9.59 Å². The van der Waals surface area contributed by atoms with Gasteiger partial charge < -0.3 is 9.84 Å². The van der Waals surface area contributed by atoms with Gasteiger partial charge in [-0.15, -0.1) is 11.6 Å². The molecule has 96 valence electrons. The van der Waals surface area contributed by atoms with Gasteiger partial charge in [0.2, 0.25) is 0 Å². The lowest BCUT2D eigenvalue weighted by atomic mass is 10.1. The van der Waals surface area contributed by atoms with Gasteiger partial charge in [0.25, 0.3) is 0 Å². The van der Waals surface area contributed by atoms with E-state index in [0.717, 1.165) is 0 Å². The second-order valence-electron chi connectivity index (χ2n) is 3.34. The molecule has 5 heteroatoms. The van der Waals surface area contributed by atoms with E-state index in [2.05, 4.69) is 0 Å². The monoisotopic (exact) mass is 260 g/mol. The fraction of sp³-hybridized carbons (Fsp3) is 0.500. The number of hydrogen-bond acceptors (Lipinski definition) is 3. The lowest BCUT2D eigenvalue weighted by Crippen LogP contribution is -2.16. The van der Waals surface area contributed by atoms with Crippen molar-refractivity contribution in [1.29, 1.82) is 0 Å². The summed E-state index contributed by atoms with van der Waals surface area (Å²) in [5, 5.41) is 7.94. The summed E-state index contributed by atoms with van der Waals surface area (Å²) in [7, 11) is 0. The maximum Gasteiger partial charge on any atom is 0.335 e. The maximum atomic E-state index is 11.6. The molecular formula is C12H17ClO4. The van der Waals surface area contributed by atoms with Crippen LogP contribution in [0.2, 0.25) is 0 Å². The van der Waals surface area contributed by atoms with Crippen molar-refractivity contribution in [3.63, 3.8) is 0 Å². The third-order valence-electron chi connectivity index (χ3n) is 1.97. The van der Waals surface area contributed by atoms with Gasteiger partial charge in [0, 0.05) is 5.57 Å². The molecule has 1 N–H and O–H groups in total. The zero-order valence-corrected chi connectivity index (χ0v) is 11.0. The van der Waals surface area contributed by atoms with Gasteiger partial charge in [-0.25, -0.2) is 9.59 Å². The number of allylic oxidation sites excluding steroid dienone is 2. The van der Waals surface area contributed by atoms with E-state index in [0.29, 0.717) is 6.42 Å². The van der Waals surface area contributed by atoms with Crippen molar-refractivity contribution in [3.8, 4) is 0 Å². The average Bonchev–Trinajstić information content (AvgIpc) is 2.25. The highest BCUT2D eigenvalue weighted by atomic mass is 35.5. The molecule has 0 spiro atoms. The van der Waals surface area contributed by atoms with Gasteiger partial charge in [-0.05, 0) is 20.3 Å². The van der Waals surface area contributed by atoms with Gasteiger partial charge in [-0.3, -0.25) is 0 Å². The van der Waals surface area contributed by atoms with Crippen LogP contribution in [0.1, 0.15) is 27.2 Å². The minimum atomic E-state index is -1.06. The van der Waals surface area contributed by atoms with Gasteiger partial charge in [0.15, 0.2) is 0 Å². The SMILES string of the molecule is CCC=C(C(=O)OCC)C(Cl)C=C(C)C(=O)O. The third-order valence-corrected chi connectivity index (χ3v) is 2.33. The average molecular weight is 261 g/mol. The summed E-state index contributed by atoms with van der Waals surface area (Å²) in [5.41, 5.74) is 0.368. The van der Waals surface area contributed by atoms with Gasteiger partial charge in [-0.1, -0.05) is 19.1 Å². The Morgan fingerprint density at radius 1 is 1.41 bits per heavy atom. The van der Waals surface area contributed by atoms with E-state index in [1.165, 1.54) is 13.0 Å². The highest BCUT2D eigenvalue weighted by molar-refractivity contribution is 6.26. The number of alkyl halides is 1. The number of carbonyl (C=O) groups excluding carboxylic acids is 1. The summed E-state index contributed by atoms with van der Waals surface area (Å²) >= 11 is 5.99. The predicted molar refractivity (Wildman–Crippen MR) is 66.0 cm³/mol. The highest BCUT2D eigenvalue weighted by Crippen LogP contribution is 2.16. The van der Waals surface area contributed by atoms with Crippen LogP contribution in [-0.4, -0.2) is 29.0 Å². The molecule has 0 fully saturated rings. The molecule has 0 saturated carbocycles. The zero-order valence-electron chi connectivity index (χ0n) is 10.2. The number of esters is 1. The first-order valence-electron chi connectivity index (χ1n) is 5.36. The molecule has 0 aliphatic rings. The van der Waals surface area contributed by atoms with Crippen molar-refractivity contribution < 1.29 is 19.4 Å². The van der Waals surface area contributed by atoms with Crippen molar-refractivity contribution in [1.82, 2.24) is 0 Å². The number of carboxylic acid groups (broad SMARTS) is 1. The van der Waals surface area contributed by atoms with Gasteiger partial charge >= 0.3 is 11.9 Å². The highest BCUT2D eigenvalue weighted by Gasteiger charge is 2.18. The third kappa shape index (κ3) is 5.54. The van der Waals surface area contributed by atoms with Crippen molar-refractivity contribution in [2.45, 2.75) is 32.6 Å². The van der Waals surface area contributed by atoms with E-state index in [4.69, 9.17) is 21.4 Å². The Morgan fingerprint density at radius 3 is 2.41 bits per heavy atom. The lowest BCUT2D eigenvalue weighted by Gasteiger charge is -2.10. The Balaban J connectivity index is 4.97. The van der Waals surface area contributed by atoms with Crippen LogP contribution in [0, 0.1) is 0 Å². The summed E-state index contributed by atoms with van der Waals surface area (Å²) in [6.07, 6.45) is 3.58. The van der Waals surface area contributed by atoms with Crippen LogP contribution in [0.5, 0.6) is 0 Å². The molecule has 0 aliphatic carbocycles. The largest absolute Gasteiger partial charge is 0.478 e. The molecule has 17 heavy (non-hydrogen) atoms.